The molecule has 1 heterocycles. The third-order valence-corrected chi connectivity index (χ3v) is 6.15. The summed E-state index contributed by atoms with van der Waals surface area (Å²) >= 11 is 0. The summed E-state index contributed by atoms with van der Waals surface area (Å²) in [5.41, 5.74) is 8.67. The lowest BCUT2D eigenvalue weighted by atomic mass is 9.65. The fraction of sp³-hybridized carbons (Fsp3) is 0.524. The van der Waals surface area contributed by atoms with Crippen LogP contribution in [0.25, 0.3) is 0 Å². The number of nitrogens with one attached hydrogen (secondary N) is 1. The maximum Gasteiger partial charge on any atom is 0.223 e. The number of fused-ring (bicyclic) bond motifs is 2. The van der Waals surface area contributed by atoms with Gasteiger partial charge in [0, 0.05) is 30.9 Å². The molecule has 0 aliphatic heterocycles. The van der Waals surface area contributed by atoms with E-state index in [1.54, 1.807) is 6.20 Å². The van der Waals surface area contributed by atoms with Crippen LogP contribution in [0.3, 0.4) is 0 Å². The molecule has 6 heteroatoms. The molecule has 2 fully saturated rings. The average Bonchev–Trinajstić information content (AvgIpc) is 3.13. The summed E-state index contributed by atoms with van der Waals surface area (Å²) in [6.07, 6.45) is 9.33. The van der Waals surface area contributed by atoms with Crippen LogP contribution >= 0.6 is 12.4 Å². The Morgan fingerprint density at radius 2 is 1.93 bits per heavy atom. The molecule has 27 heavy (non-hydrogen) atoms. The van der Waals surface area contributed by atoms with Gasteiger partial charge in [-0.15, -0.1) is 12.4 Å². The second kappa shape index (κ2) is 8.89. The van der Waals surface area contributed by atoms with E-state index in [1.165, 1.54) is 24.8 Å². The van der Waals surface area contributed by atoms with Gasteiger partial charge in [-0.25, -0.2) is 0 Å². The minimum atomic E-state index is 0. The van der Waals surface area contributed by atoms with Crippen molar-refractivity contribution in [1.29, 1.82) is 0 Å². The Balaban J connectivity index is 0.00000210. The van der Waals surface area contributed by atoms with Crippen molar-refractivity contribution in [1.82, 2.24) is 15.1 Å². The van der Waals surface area contributed by atoms with E-state index in [2.05, 4.69) is 28.6 Å². The molecular formula is C21H29ClN4O. The Morgan fingerprint density at radius 3 is 2.63 bits per heavy atom. The zero-order chi connectivity index (χ0) is 17.9. The van der Waals surface area contributed by atoms with Crippen molar-refractivity contribution in [2.45, 2.75) is 51.2 Å². The zero-order valence-corrected chi connectivity index (χ0v) is 16.4. The van der Waals surface area contributed by atoms with Crippen LogP contribution in [0.2, 0.25) is 0 Å². The van der Waals surface area contributed by atoms with Gasteiger partial charge in [0.05, 0.1) is 6.54 Å². The number of aromatic nitrogens is 2. The number of halogens is 1. The highest BCUT2D eigenvalue weighted by atomic mass is 35.5. The number of nitrogens with zero attached hydrogens (tertiary/aromatic N) is 2. The van der Waals surface area contributed by atoms with Crippen LogP contribution < -0.4 is 11.1 Å². The highest BCUT2D eigenvalue weighted by Gasteiger charge is 2.40. The Hall–Kier alpha value is -1.85. The SMILES string of the molecule is Cl.NC1C2CCCC1CC(C(=O)NCc1cccc(Cn3cccn3)c1)C2. The number of rotatable bonds is 5. The second-order valence-corrected chi connectivity index (χ2v) is 7.94. The molecule has 3 N–H and O–H groups in total. The Labute approximate surface area is 167 Å². The number of carbonyl (C=O) groups excluding carboxylic acids is 1. The molecule has 2 aromatic rings. The van der Waals surface area contributed by atoms with Gasteiger partial charge in [-0.2, -0.15) is 5.10 Å². The molecule has 146 valence electrons. The molecule has 2 unspecified atom stereocenters. The molecule has 2 bridgehead atoms. The van der Waals surface area contributed by atoms with Gasteiger partial charge in [-0.3, -0.25) is 9.48 Å². The van der Waals surface area contributed by atoms with E-state index in [0.717, 1.165) is 24.9 Å². The van der Waals surface area contributed by atoms with E-state index in [0.29, 0.717) is 24.4 Å². The van der Waals surface area contributed by atoms with Crippen LogP contribution in [0.5, 0.6) is 0 Å². The third-order valence-electron chi connectivity index (χ3n) is 6.15. The molecular weight excluding hydrogens is 360 g/mol. The van der Waals surface area contributed by atoms with Gasteiger partial charge < -0.3 is 11.1 Å². The largest absolute Gasteiger partial charge is 0.352 e. The minimum Gasteiger partial charge on any atom is -0.352 e. The zero-order valence-electron chi connectivity index (χ0n) is 15.6. The van der Waals surface area contributed by atoms with Crippen molar-refractivity contribution in [3.63, 3.8) is 0 Å². The fourth-order valence-corrected chi connectivity index (χ4v) is 4.76. The van der Waals surface area contributed by atoms with Crippen molar-refractivity contribution < 1.29 is 4.79 Å². The molecule has 0 spiro atoms. The monoisotopic (exact) mass is 388 g/mol. The van der Waals surface area contributed by atoms with E-state index < -0.39 is 0 Å². The number of carbonyl (C=O) groups is 1. The fourth-order valence-electron chi connectivity index (χ4n) is 4.76. The maximum atomic E-state index is 12.7. The molecule has 1 amide bonds. The summed E-state index contributed by atoms with van der Waals surface area (Å²) in [4.78, 5) is 12.7. The Bertz CT molecular complexity index is 734. The quantitative estimate of drug-likeness (QED) is 0.826. The summed E-state index contributed by atoms with van der Waals surface area (Å²) in [5, 5.41) is 7.40. The topological polar surface area (TPSA) is 72.9 Å². The maximum absolute atomic E-state index is 12.7. The van der Waals surface area contributed by atoms with Gasteiger partial charge in [0.2, 0.25) is 5.91 Å². The molecule has 2 atom stereocenters. The number of benzene rings is 1. The van der Waals surface area contributed by atoms with Crippen LogP contribution in [-0.4, -0.2) is 21.7 Å². The van der Waals surface area contributed by atoms with Crippen molar-refractivity contribution in [2.75, 3.05) is 0 Å². The molecule has 0 saturated heterocycles. The highest BCUT2D eigenvalue weighted by molar-refractivity contribution is 5.85. The van der Waals surface area contributed by atoms with Crippen LogP contribution in [-0.2, 0) is 17.9 Å². The first-order valence-electron chi connectivity index (χ1n) is 9.77. The number of amides is 1. The van der Waals surface area contributed by atoms with Crippen molar-refractivity contribution >= 4 is 18.3 Å². The van der Waals surface area contributed by atoms with E-state index in [-0.39, 0.29) is 24.2 Å². The first-order chi connectivity index (χ1) is 12.7. The molecule has 1 aromatic heterocycles. The summed E-state index contributed by atoms with van der Waals surface area (Å²) in [5.74, 6) is 1.41. The van der Waals surface area contributed by atoms with E-state index in [9.17, 15) is 4.79 Å². The minimum absolute atomic E-state index is 0. The van der Waals surface area contributed by atoms with Gasteiger partial charge in [0.25, 0.3) is 0 Å². The normalized spacial score (nSPS) is 26.9. The number of hydrogen-bond donors (Lipinski definition) is 2. The summed E-state index contributed by atoms with van der Waals surface area (Å²) in [6, 6.07) is 10.6. The lowest BCUT2D eigenvalue weighted by molar-refractivity contribution is -0.128. The highest BCUT2D eigenvalue weighted by Crippen LogP contribution is 2.41. The number of nitrogens with two attached hydrogens (primary N) is 1. The summed E-state index contributed by atoms with van der Waals surface area (Å²) in [7, 11) is 0. The predicted molar refractivity (Wildman–Crippen MR) is 108 cm³/mol. The molecule has 2 aliphatic rings. The van der Waals surface area contributed by atoms with E-state index in [1.807, 2.05) is 23.0 Å². The standard InChI is InChI=1S/C21H28N4O.ClH/c22-20-17-6-2-7-18(20)12-19(11-17)21(26)23-13-15-4-1-5-16(10-15)14-25-9-3-8-24-25;/h1,3-5,8-10,17-20H,2,6-7,11-14,22H2,(H,23,26);1H. The molecule has 4 rings (SSSR count). The van der Waals surface area contributed by atoms with Crippen LogP contribution in [0.15, 0.2) is 42.7 Å². The molecule has 1 aromatic carbocycles. The summed E-state index contributed by atoms with van der Waals surface area (Å²) in [6.45, 7) is 1.34. The third kappa shape index (κ3) is 4.71. The predicted octanol–water partition coefficient (Wildman–Crippen LogP) is 3.12. The smallest absolute Gasteiger partial charge is 0.223 e. The Morgan fingerprint density at radius 1 is 1.19 bits per heavy atom. The summed E-state index contributed by atoms with van der Waals surface area (Å²) < 4.78 is 1.90. The van der Waals surface area contributed by atoms with Crippen molar-refractivity contribution in [2.24, 2.45) is 23.5 Å². The van der Waals surface area contributed by atoms with Gasteiger partial charge >= 0.3 is 0 Å². The van der Waals surface area contributed by atoms with Gasteiger partial charge in [-0.05, 0) is 54.7 Å². The van der Waals surface area contributed by atoms with Crippen molar-refractivity contribution in [3.8, 4) is 0 Å². The molecule has 0 radical (unpaired) electrons. The Kier molecular flexibility index (Phi) is 6.55. The van der Waals surface area contributed by atoms with Crippen LogP contribution in [0.1, 0.15) is 43.2 Å². The number of hydrogen-bond acceptors (Lipinski definition) is 3. The van der Waals surface area contributed by atoms with Gasteiger partial charge in [0.15, 0.2) is 0 Å². The lowest BCUT2D eigenvalue weighted by Crippen LogP contribution is -2.49. The first kappa shape index (κ1) is 19.9. The van der Waals surface area contributed by atoms with Gasteiger partial charge in [0.1, 0.15) is 0 Å². The van der Waals surface area contributed by atoms with Crippen molar-refractivity contribution in [3.05, 3.63) is 53.9 Å². The van der Waals surface area contributed by atoms with Crippen LogP contribution in [0, 0.1) is 17.8 Å². The first-order valence-corrected chi connectivity index (χ1v) is 9.77. The molecule has 2 saturated carbocycles. The molecule has 2 aliphatic carbocycles. The van der Waals surface area contributed by atoms with E-state index >= 15 is 0 Å². The average molecular weight is 389 g/mol. The molecule has 5 nitrogen and oxygen atoms in total. The second-order valence-electron chi connectivity index (χ2n) is 7.94. The van der Waals surface area contributed by atoms with Gasteiger partial charge in [-0.1, -0.05) is 30.7 Å². The lowest BCUT2D eigenvalue weighted by Gasteiger charge is -2.43. The van der Waals surface area contributed by atoms with Crippen LogP contribution in [0.4, 0.5) is 0 Å². The van der Waals surface area contributed by atoms with E-state index in [4.69, 9.17) is 5.73 Å².